The van der Waals surface area contributed by atoms with Crippen LogP contribution in [0, 0.1) is 12.8 Å². The average molecular weight is 200 g/mol. The van der Waals surface area contributed by atoms with E-state index in [2.05, 4.69) is 64.6 Å². The third kappa shape index (κ3) is 3.09. The van der Waals surface area contributed by atoms with Crippen LogP contribution in [0.4, 0.5) is 0 Å². The van der Waals surface area contributed by atoms with Gasteiger partial charge < -0.3 is 0 Å². The van der Waals surface area contributed by atoms with Crippen molar-refractivity contribution >= 4 is 5.57 Å². The molecule has 0 nitrogen and oxygen atoms in total. The Bertz CT molecular complexity index is 381. The Kier molecular flexibility index (Phi) is 3.90. The number of hydrogen-bond acceptors (Lipinski definition) is 0. The minimum Gasteiger partial charge on any atom is -0.0912 e. The molecule has 0 amide bonds. The van der Waals surface area contributed by atoms with Crippen LogP contribution >= 0.6 is 0 Å². The highest BCUT2D eigenvalue weighted by molar-refractivity contribution is 5.74. The maximum Gasteiger partial charge on any atom is -0.0161 e. The highest BCUT2D eigenvalue weighted by Gasteiger charge is 2.01. The fourth-order valence-corrected chi connectivity index (χ4v) is 1.45. The maximum absolute atomic E-state index is 4.13. The van der Waals surface area contributed by atoms with Gasteiger partial charge in [0.25, 0.3) is 0 Å². The predicted molar refractivity (Wildman–Crippen MR) is 68.8 cm³/mol. The molecule has 0 fully saturated rings. The first kappa shape index (κ1) is 11.8. The lowest BCUT2D eigenvalue weighted by Crippen LogP contribution is -1.91. The van der Waals surface area contributed by atoms with Crippen molar-refractivity contribution in [3.63, 3.8) is 0 Å². The molecule has 1 rings (SSSR count). The molecule has 0 unspecified atom stereocenters. The van der Waals surface area contributed by atoms with Crippen LogP contribution in [0.25, 0.3) is 5.57 Å². The Hall–Kier alpha value is -1.30. The molecule has 0 radical (unpaired) electrons. The van der Waals surface area contributed by atoms with Gasteiger partial charge in [-0.2, -0.15) is 0 Å². The van der Waals surface area contributed by atoms with E-state index in [1.54, 1.807) is 0 Å². The van der Waals surface area contributed by atoms with Crippen molar-refractivity contribution in [1.29, 1.82) is 0 Å². The van der Waals surface area contributed by atoms with Gasteiger partial charge in [0.05, 0.1) is 0 Å². The van der Waals surface area contributed by atoms with Gasteiger partial charge in [0.2, 0.25) is 0 Å². The second-order valence-electron chi connectivity index (χ2n) is 4.38. The van der Waals surface area contributed by atoms with Crippen molar-refractivity contribution in [2.75, 3.05) is 0 Å². The molecule has 80 valence electrons. The first-order valence-electron chi connectivity index (χ1n) is 5.45. The van der Waals surface area contributed by atoms with Gasteiger partial charge in [-0.15, -0.1) is 0 Å². The van der Waals surface area contributed by atoms with E-state index in [1.807, 2.05) is 0 Å². The first-order valence-corrected chi connectivity index (χ1v) is 5.45. The topological polar surface area (TPSA) is 0 Å². The Labute approximate surface area is 93.3 Å². The monoisotopic (exact) mass is 200 g/mol. The molecule has 0 atom stereocenters. The third-order valence-electron chi connectivity index (χ3n) is 2.80. The zero-order valence-electron chi connectivity index (χ0n) is 10.2. The molecule has 15 heavy (non-hydrogen) atoms. The molecule has 0 heteroatoms. The van der Waals surface area contributed by atoms with Crippen molar-refractivity contribution in [3.8, 4) is 0 Å². The van der Waals surface area contributed by atoms with Crippen LogP contribution in [-0.2, 0) is 0 Å². The Morgan fingerprint density at radius 3 is 2.40 bits per heavy atom. The minimum atomic E-state index is 0.589. The van der Waals surface area contributed by atoms with Crippen LogP contribution < -0.4 is 0 Å². The van der Waals surface area contributed by atoms with E-state index < -0.39 is 0 Å². The molecule has 0 aliphatic carbocycles. The van der Waals surface area contributed by atoms with E-state index in [-0.39, 0.29) is 0 Å². The number of hydrogen-bond donors (Lipinski definition) is 0. The molecule has 0 N–H and O–H groups in total. The summed E-state index contributed by atoms with van der Waals surface area (Å²) in [6, 6.07) is 8.37. The average Bonchev–Trinajstić information content (AvgIpc) is 2.18. The lowest BCUT2D eigenvalue weighted by Gasteiger charge is -2.09. The molecular formula is C15H20. The number of rotatable bonds is 3. The van der Waals surface area contributed by atoms with Crippen molar-refractivity contribution in [2.24, 2.45) is 5.92 Å². The first-order chi connectivity index (χ1) is 7.02. The van der Waals surface area contributed by atoms with Gasteiger partial charge >= 0.3 is 0 Å². The Morgan fingerprint density at radius 2 is 1.87 bits per heavy atom. The Balaban J connectivity index is 2.97. The minimum absolute atomic E-state index is 0.589. The van der Waals surface area contributed by atoms with E-state index in [1.165, 1.54) is 16.7 Å². The normalized spacial score (nSPS) is 11.9. The highest BCUT2D eigenvalue weighted by Crippen LogP contribution is 2.21. The molecule has 0 bridgehead atoms. The fourth-order valence-electron chi connectivity index (χ4n) is 1.45. The van der Waals surface area contributed by atoms with Gasteiger partial charge in [-0.3, -0.25) is 0 Å². The van der Waals surface area contributed by atoms with Gasteiger partial charge in [-0.25, -0.2) is 0 Å². The van der Waals surface area contributed by atoms with Crippen LogP contribution in [0.2, 0.25) is 0 Å². The lowest BCUT2D eigenvalue weighted by atomic mass is 9.97. The number of allylic oxidation sites excluding steroid dienone is 3. The maximum atomic E-state index is 4.13. The molecular weight excluding hydrogens is 180 g/mol. The number of benzene rings is 1. The van der Waals surface area contributed by atoms with Gasteiger partial charge in [0, 0.05) is 0 Å². The molecule has 1 aromatic carbocycles. The van der Waals surface area contributed by atoms with E-state index in [9.17, 15) is 0 Å². The molecule has 0 spiro atoms. The molecule has 0 saturated carbocycles. The standard InChI is InChI=1S/C15H20/c1-11(2)13(4)10-14(5)15-9-7-6-8-12(15)3/h6-11H,5H2,1-4H3/b13-10-. The zero-order chi connectivity index (χ0) is 11.4. The second kappa shape index (κ2) is 4.97. The van der Waals surface area contributed by atoms with Crippen molar-refractivity contribution in [2.45, 2.75) is 27.7 Å². The van der Waals surface area contributed by atoms with Gasteiger partial charge in [-0.05, 0) is 36.5 Å². The summed E-state index contributed by atoms with van der Waals surface area (Å²) in [7, 11) is 0. The number of aryl methyl sites for hydroxylation is 1. The quantitative estimate of drug-likeness (QED) is 0.625. The largest absolute Gasteiger partial charge is 0.0912 e. The molecule has 1 aromatic rings. The van der Waals surface area contributed by atoms with Gasteiger partial charge in [0.1, 0.15) is 0 Å². The fraction of sp³-hybridized carbons (Fsp3) is 0.333. The third-order valence-corrected chi connectivity index (χ3v) is 2.80. The molecule has 0 aromatic heterocycles. The summed E-state index contributed by atoms with van der Waals surface area (Å²) in [5.74, 6) is 0.589. The van der Waals surface area contributed by atoms with Crippen LogP contribution in [0.1, 0.15) is 31.9 Å². The summed E-state index contributed by atoms with van der Waals surface area (Å²) >= 11 is 0. The Morgan fingerprint density at radius 1 is 1.27 bits per heavy atom. The molecule has 0 saturated heterocycles. The van der Waals surface area contributed by atoms with Crippen LogP contribution in [0.5, 0.6) is 0 Å². The summed E-state index contributed by atoms with van der Waals surface area (Å²) in [6.07, 6.45) is 2.19. The van der Waals surface area contributed by atoms with Crippen LogP contribution in [-0.4, -0.2) is 0 Å². The summed E-state index contributed by atoms with van der Waals surface area (Å²) < 4.78 is 0. The summed E-state index contributed by atoms with van der Waals surface area (Å²) in [5.41, 5.74) is 5.02. The molecule has 0 aliphatic rings. The summed E-state index contributed by atoms with van der Waals surface area (Å²) in [5, 5.41) is 0. The van der Waals surface area contributed by atoms with Crippen molar-refractivity contribution < 1.29 is 0 Å². The highest BCUT2D eigenvalue weighted by atomic mass is 14.1. The molecule has 0 heterocycles. The van der Waals surface area contributed by atoms with E-state index >= 15 is 0 Å². The van der Waals surface area contributed by atoms with Crippen molar-refractivity contribution in [1.82, 2.24) is 0 Å². The summed E-state index contributed by atoms with van der Waals surface area (Å²) in [4.78, 5) is 0. The van der Waals surface area contributed by atoms with E-state index in [0.717, 1.165) is 5.57 Å². The predicted octanol–water partition coefficient (Wildman–Crippen LogP) is 4.61. The zero-order valence-corrected chi connectivity index (χ0v) is 10.2. The van der Waals surface area contributed by atoms with Crippen LogP contribution in [0.15, 0.2) is 42.5 Å². The summed E-state index contributed by atoms with van der Waals surface area (Å²) in [6.45, 7) is 12.8. The lowest BCUT2D eigenvalue weighted by molar-refractivity contribution is 0.770. The van der Waals surface area contributed by atoms with Crippen LogP contribution in [0.3, 0.4) is 0 Å². The van der Waals surface area contributed by atoms with Gasteiger partial charge in [0.15, 0.2) is 0 Å². The van der Waals surface area contributed by atoms with E-state index in [4.69, 9.17) is 0 Å². The van der Waals surface area contributed by atoms with Crippen molar-refractivity contribution in [3.05, 3.63) is 53.6 Å². The smallest absolute Gasteiger partial charge is 0.0161 e. The van der Waals surface area contributed by atoms with Gasteiger partial charge in [-0.1, -0.05) is 56.3 Å². The second-order valence-corrected chi connectivity index (χ2v) is 4.38. The molecule has 0 aliphatic heterocycles. The van der Waals surface area contributed by atoms with E-state index in [0.29, 0.717) is 5.92 Å². The SMILES string of the molecule is C=C(/C=C(/C)C(C)C)c1ccccc1C.